The van der Waals surface area contributed by atoms with E-state index in [-0.39, 0.29) is 59.2 Å². The van der Waals surface area contributed by atoms with Gasteiger partial charge in [0.2, 0.25) is 11.7 Å². The molecule has 10 heteroatoms. The Hall–Kier alpha value is -3.21. The molecule has 204 valence electrons. The van der Waals surface area contributed by atoms with Gasteiger partial charge in [-0.25, -0.2) is 0 Å². The normalized spacial score (nSPS) is 28.0. The number of aryl methyl sites for hydroxylation is 1. The molecule has 0 spiro atoms. The first kappa shape index (κ1) is 26.4. The number of phenols is 1. The molecule has 5 rings (SSSR count). The van der Waals surface area contributed by atoms with Crippen LogP contribution in [0.2, 0.25) is 0 Å². The maximum Gasteiger partial charge on any atom is 0.236 e. The number of carbonyl (C=O) groups excluding carboxylic acids is 3. The minimum atomic E-state index is -0.713. The summed E-state index contributed by atoms with van der Waals surface area (Å²) in [5.41, 5.74) is 9.65. The van der Waals surface area contributed by atoms with E-state index >= 15 is 0 Å². The number of phenolic OH excluding ortho intramolecular Hbond substituents is 1. The first-order valence-corrected chi connectivity index (χ1v) is 13.0. The van der Waals surface area contributed by atoms with Gasteiger partial charge >= 0.3 is 0 Å². The third-order valence-corrected chi connectivity index (χ3v) is 8.71. The van der Waals surface area contributed by atoms with Gasteiger partial charge in [0.1, 0.15) is 0 Å². The highest BCUT2D eigenvalue weighted by atomic mass is 16.5. The van der Waals surface area contributed by atoms with Crippen LogP contribution in [-0.2, 0) is 25.5 Å². The van der Waals surface area contributed by atoms with Crippen LogP contribution in [0.5, 0.6) is 11.5 Å². The maximum absolute atomic E-state index is 13.7. The number of ether oxygens (including phenoxy) is 2. The lowest BCUT2D eigenvalue weighted by Gasteiger charge is -2.58. The van der Waals surface area contributed by atoms with E-state index in [0.717, 1.165) is 16.7 Å². The minimum Gasteiger partial charge on any atom is -0.504 e. The molecule has 0 radical (unpaired) electrons. The van der Waals surface area contributed by atoms with E-state index in [2.05, 4.69) is 21.2 Å². The van der Waals surface area contributed by atoms with Gasteiger partial charge in [-0.15, -0.1) is 0 Å². The molecule has 5 atom stereocenters. The zero-order valence-corrected chi connectivity index (χ0v) is 22.8. The summed E-state index contributed by atoms with van der Waals surface area (Å²) < 4.78 is 10.9. The van der Waals surface area contributed by atoms with E-state index < -0.39 is 12.1 Å². The van der Waals surface area contributed by atoms with E-state index in [4.69, 9.17) is 15.2 Å². The van der Waals surface area contributed by atoms with E-state index in [1.165, 1.54) is 7.11 Å². The van der Waals surface area contributed by atoms with Crippen LogP contribution in [0.4, 0.5) is 0 Å². The second-order valence-corrected chi connectivity index (χ2v) is 10.8. The molecule has 1 fully saturated rings. The number of carbonyl (C=O) groups is 3. The molecule has 1 aliphatic carbocycles. The molecule has 4 N–H and O–H groups in total. The minimum absolute atomic E-state index is 0.0493. The van der Waals surface area contributed by atoms with E-state index in [1.54, 1.807) is 21.0 Å². The highest BCUT2D eigenvalue weighted by molar-refractivity contribution is 6.25. The van der Waals surface area contributed by atoms with Crippen molar-refractivity contribution in [3.8, 4) is 11.5 Å². The van der Waals surface area contributed by atoms with Crippen LogP contribution in [0.3, 0.4) is 0 Å². The van der Waals surface area contributed by atoms with Gasteiger partial charge < -0.3 is 25.6 Å². The van der Waals surface area contributed by atoms with Crippen molar-refractivity contribution in [2.45, 2.75) is 63.8 Å². The van der Waals surface area contributed by atoms with Crippen LogP contribution in [0, 0.1) is 6.92 Å². The molecule has 4 aliphatic rings. The summed E-state index contributed by atoms with van der Waals surface area (Å²) in [6, 6.07) is 0.461. The number of benzene rings is 1. The summed E-state index contributed by atoms with van der Waals surface area (Å²) >= 11 is 0. The second-order valence-electron chi connectivity index (χ2n) is 10.8. The fourth-order valence-electron chi connectivity index (χ4n) is 6.89. The van der Waals surface area contributed by atoms with Crippen LogP contribution in [-0.4, -0.2) is 90.9 Å². The summed E-state index contributed by atoms with van der Waals surface area (Å²) in [4.78, 5) is 44.2. The number of amides is 1. The Morgan fingerprint density at radius 3 is 2.55 bits per heavy atom. The highest BCUT2D eigenvalue weighted by Crippen LogP contribution is 2.52. The molecule has 1 aromatic rings. The van der Waals surface area contributed by atoms with Crippen molar-refractivity contribution in [2.24, 2.45) is 5.73 Å². The van der Waals surface area contributed by atoms with E-state index in [1.807, 2.05) is 14.0 Å². The van der Waals surface area contributed by atoms with Crippen molar-refractivity contribution in [1.29, 1.82) is 0 Å². The van der Waals surface area contributed by atoms with Crippen LogP contribution >= 0.6 is 0 Å². The Kier molecular flexibility index (Phi) is 6.61. The molecule has 10 nitrogen and oxygen atoms in total. The van der Waals surface area contributed by atoms with Gasteiger partial charge in [-0.3, -0.25) is 24.2 Å². The van der Waals surface area contributed by atoms with Crippen molar-refractivity contribution in [3.63, 3.8) is 0 Å². The monoisotopic (exact) mass is 524 g/mol. The number of methoxy groups -OCH3 is 2. The third kappa shape index (κ3) is 3.77. The first-order valence-electron chi connectivity index (χ1n) is 13.0. The summed E-state index contributed by atoms with van der Waals surface area (Å²) in [5, 5.41) is 14.3. The predicted octanol–water partition coefficient (Wildman–Crippen LogP) is 0.896. The van der Waals surface area contributed by atoms with Crippen molar-refractivity contribution >= 4 is 17.5 Å². The summed E-state index contributed by atoms with van der Waals surface area (Å²) in [6.07, 6.45) is 1.05. The number of Topliss-reactive ketones (excluding diaryl/α,β-unsaturated/α-hetero) is 2. The average molecular weight is 525 g/mol. The van der Waals surface area contributed by atoms with Gasteiger partial charge in [-0.1, -0.05) is 6.07 Å². The third-order valence-electron chi connectivity index (χ3n) is 8.71. The predicted molar refractivity (Wildman–Crippen MR) is 140 cm³/mol. The number of rotatable bonds is 5. The fraction of sp³-hybridized carbons (Fsp3) is 0.536. The molecule has 1 amide bonds. The Morgan fingerprint density at radius 1 is 1.21 bits per heavy atom. The zero-order valence-electron chi connectivity index (χ0n) is 22.8. The molecule has 1 saturated heterocycles. The molecule has 38 heavy (non-hydrogen) atoms. The first-order chi connectivity index (χ1) is 18.0. The summed E-state index contributed by atoms with van der Waals surface area (Å²) in [5.74, 6) is -0.260. The lowest BCUT2D eigenvalue weighted by molar-refractivity contribution is -0.124. The number of allylic oxidation sites excluding steroid dienone is 2. The number of nitrogens with zero attached hydrogens (tertiary/aromatic N) is 2. The Balaban J connectivity index is 1.65. The standard InChI is InChI=1S/C28H36N4O6/c1-12-7-15-8-16-11-32-18(22(31(16)4)20(15)24(34)26(12)37-5)9-17-21(19(32)10-30-28(36)14(3)29)25(35)27(38-6)13(2)23(17)33/h7,14,16,18-19,22,34H,8-11,29H2,1-6H3,(H,30,36)/t14-,16?,18+,19+,22?/m1/s1. The van der Waals surface area contributed by atoms with Gasteiger partial charge in [0, 0.05) is 47.5 Å². The number of piperazine rings is 1. The number of hydrogen-bond acceptors (Lipinski definition) is 9. The van der Waals surface area contributed by atoms with Crippen LogP contribution < -0.4 is 15.8 Å². The number of aromatic hydroxyl groups is 1. The van der Waals surface area contributed by atoms with Crippen molar-refractivity contribution < 1.29 is 29.0 Å². The number of fused-ring (bicyclic) bond motifs is 6. The molecule has 0 aromatic heterocycles. The number of nitrogens with one attached hydrogen (secondary N) is 1. The lowest BCUT2D eigenvalue weighted by Crippen LogP contribution is -2.67. The Bertz CT molecular complexity index is 1300. The van der Waals surface area contributed by atoms with Crippen molar-refractivity contribution in [3.05, 3.63) is 45.2 Å². The van der Waals surface area contributed by atoms with Crippen molar-refractivity contribution in [2.75, 3.05) is 34.4 Å². The number of nitrogens with two attached hydrogens (primary N) is 1. The molecule has 1 aromatic carbocycles. The average Bonchev–Trinajstić information content (AvgIpc) is 2.86. The van der Waals surface area contributed by atoms with Crippen LogP contribution in [0.1, 0.15) is 43.0 Å². The van der Waals surface area contributed by atoms with Crippen molar-refractivity contribution in [1.82, 2.24) is 15.1 Å². The smallest absolute Gasteiger partial charge is 0.236 e. The SMILES string of the molecule is COC1=C(C)C(=O)C2=C(C1=O)[C@H](CNC(=O)[C@@H](C)N)N1CC3Cc4cc(C)c(OC)c(O)c4C([C@@H]1C2)N3C. The maximum atomic E-state index is 13.7. The second kappa shape index (κ2) is 9.52. The molecule has 3 heterocycles. The number of ketones is 2. The lowest BCUT2D eigenvalue weighted by atomic mass is 9.71. The van der Waals surface area contributed by atoms with Gasteiger partial charge in [-0.05, 0) is 51.8 Å². The van der Waals surface area contributed by atoms with Gasteiger partial charge in [0.05, 0.1) is 32.3 Å². The molecule has 3 aliphatic heterocycles. The fourth-order valence-corrected chi connectivity index (χ4v) is 6.89. The Morgan fingerprint density at radius 2 is 1.92 bits per heavy atom. The van der Waals surface area contributed by atoms with Crippen LogP contribution in [0.15, 0.2) is 28.5 Å². The molecular weight excluding hydrogens is 488 g/mol. The summed E-state index contributed by atoms with van der Waals surface area (Å²) in [6.45, 7) is 5.89. The van der Waals surface area contributed by atoms with Crippen LogP contribution in [0.25, 0.3) is 0 Å². The number of hydrogen-bond donors (Lipinski definition) is 3. The quantitative estimate of drug-likeness (QED) is 0.480. The molecule has 2 bridgehead atoms. The number of likely N-dealkylation sites (N-methyl/N-ethyl adjacent to an activating group) is 1. The topological polar surface area (TPSA) is 134 Å². The van der Waals surface area contributed by atoms with Gasteiger partial charge in [0.25, 0.3) is 0 Å². The molecule has 0 saturated carbocycles. The van der Waals surface area contributed by atoms with E-state index in [0.29, 0.717) is 36.3 Å². The van der Waals surface area contributed by atoms with Gasteiger partial charge in [0.15, 0.2) is 23.0 Å². The largest absolute Gasteiger partial charge is 0.504 e. The summed E-state index contributed by atoms with van der Waals surface area (Å²) in [7, 11) is 4.98. The zero-order chi connectivity index (χ0) is 27.6. The highest BCUT2D eigenvalue weighted by Gasteiger charge is 2.54. The van der Waals surface area contributed by atoms with E-state index in [9.17, 15) is 19.5 Å². The van der Waals surface area contributed by atoms with Gasteiger partial charge in [-0.2, -0.15) is 0 Å². The Labute approximate surface area is 222 Å². The molecular formula is C28H36N4O6. The molecule has 2 unspecified atom stereocenters.